The first kappa shape index (κ1) is 19.7. The van der Waals surface area contributed by atoms with Crippen LogP contribution in [0.2, 0.25) is 0 Å². The Morgan fingerprint density at radius 3 is 2.48 bits per heavy atom. The van der Waals surface area contributed by atoms with Gasteiger partial charge in [0.25, 0.3) is 5.56 Å². The van der Waals surface area contributed by atoms with E-state index in [-0.39, 0.29) is 23.9 Å². The number of benzene rings is 1. The topological polar surface area (TPSA) is 59.6 Å². The van der Waals surface area contributed by atoms with Gasteiger partial charge in [0.05, 0.1) is 12.1 Å². The molecule has 7 heteroatoms. The Morgan fingerprint density at radius 1 is 1.07 bits per heavy atom. The van der Waals surface area contributed by atoms with Gasteiger partial charge in [-0.05, 0) is 31.4 Å². The van der Waals surface area contributed by atoms with Crippen molar-refractivity contribution in [3.8, 4) is 0 Å². The fourth-order valence-corrected chi connectivity index (χ4v) is 4.01. The number of amides is 1. The van der Waals surface area contributed by atoms with Crippen LogP contribution >= 0.6 is 12.4 Å². The molecule has 1 aromatic carbocycles. The lowest BCUT2D eigenvalue weighted by Crippen LogP contribution is -2.50. The van der Waals surface area contributed by atoms with E-state index in [1.165, 1.54) is 0 Å². The summed E-state index contributed by atoms with van der Waals surface area (Å²) in [6, 6.07) is 8.05. The SMILES string of the molecule is Cc1cccc2cc(N3CCN(CC(=O)N4CCCC4)CC3)c(=O)[nH]c12.Cl. The molecule has 0 spiro atoms. The Kier molecular flexibility index (Phi) is 6.07. The molecule has 0 bridgehead atoms. The first-order valence-corrected chi connectivity index (χ1v) is 9.49. The monoisotopic (exact) mass is 390 g/mol. The number of para-hydroxylation sites is 1. The second-order valence-electron chi connectivity index (χ2n) is 7.37. The number of H-pyrrole nitrogens is 1. The molecule has 1 aromatic heterocycles. The Morgan fingerprint density at radius 2 is 1.78 bits per heavy atom. The van der Waals surface area contributed by atoms with Crippen LogP contribution in [0.5, 0.6) is 0 Å². The summed E-state index contributed by atoms with van der Waals surface area (Å²) in [5.74, 6) is 0.245. The van der Waals surface area contributed by atoms with Gasteiger partial charge in [0.15, 0.2) is 0 Å². The second kappa shape index (κ2) is 8.31. The van der Waals surface area contributed by atoms with Gasteiger partial charge in [-0.25, -0.2) is 0 Å². The summed E-state index contributed by atoms with van der Waals surface area (Å²) in [5, 5.41) is 1.06. The molecule has 4 rings (SSSR count). The third kappa shape index (κ3) is 4.12. The highest BCUT2D eigenvalue weighted by Gasteiger charge is 2.24. The second-order valence-corrected chi connectivity index (χ2v) is 7.37. The van der Waals surface area contributed by atoms with Crippen LogP contribution in [0, 0.1) is 6.92 Å². The van der Waals surface area contributed by atoms with Crippen molar-refractivity contribution in [3.05, 3.63) is 40.2 Å². The Labute approximate surface area is 165 Å². The number of nitrogens with one attached hydrogen (secondary N) is 1. The van der Waals surface area contributed by atoms with Crippen LogP contribution in [0.25, 0.3) is 10.9 Å². The van der Waals surface area contributed by atoms with Crippen molar-refractivity contribution in [2.45, 2.75) is 19.8 Å². The summed E-state index contributed by atoms with van der Waals surface area (Å²) in [4.78, 5) is 34.2. The molecule has 1 N–H and O–H groups in total. The summed E-state index contributed by atoms with van der Waals surface area (Å²) in [6.45, 7) is 7.49. The molecule has 3 heterocycles. The molecule has 2 aliphatic heterocycles. The van der Waals surface area contributed by atoms with Gasteiger partial charge in [-0.2, -0.15) is 0 Å². The molecule has 0 aliphatic carbocycles. The number of aryl methyl sites for hydroxylation is 1. The smallest absolute Gasteiger partial charge is 0.271 e. The summed E-state index contributed by atoms with van der Waals surface area (Å²) in [7, 11) is 0. The van der Waals surface area contributed by atoms with Crippen LogP contribution in [-0.2, 0) is 4.79 Å². The third-order valence-electron chi connectivity index (χ3n) is 5.60. The van der Waals surface area contributed by atoms with E-state index < -0.39 is 0 Å². The average molecular weight is 391 g/mol. The van der Waals surface area contributed by atoms with Crippen LogP contribution in [0.15, 0.2) is 29.1 Å². The normalized spacial score (nSPS) is 18.0. The summed E-state index contributed by atoms with van der Waals surface area (Å²) in [5.41, 5.74) is 2.69. The number of hydrogen-bond acceptors (Lipinski definition) is 4. The Hall–Kier alpha value is -2.05. The maximum absolute atomic E-state index is 12.5. The zero-order valence-corrected chi connectivity index (χ0v) is 16.6. The van der Waals surface area contributed by atoms with Crippen molar-refractivity contribution < 1.29 is 4.79 Å². The number of aromatic nitrogens is 1. The molecule has 27 heavy (non-hydrogen) atoms. The molecule has 2 aliphatic rings. The zero-order chi connectivity index (χ0) is 18.1. The first-order valence-electron chi connectivity index (χ1n) is 9.49. The number of carbonyl (C=O) groups is 1. The maximum Gasteiger partial charge on any atom is 0.271 e. The lowest BCUT2D eigenvalue weighted by atomic mass is 10.1. The molecule has 6 nitrogen and oxygen atoms in total. The van der Waals surface area contributed by atoms with E-state index in [1.54, 1.807) is 0 Å². The van der Waals surface area contributed by atoms with E-state index in [9.17, 15) is 9.59 Å². The Bertz CT molecular complexity index is 868. The number of nitrogens with zero attached hydrogens (tertiary/aromatic N) is 3. The van der Waals surface area contributed by atoms with E-state index in [1.807, 2.05) is 36.1 Å². The van der Waals surface area contributed by atoms with Gasteiger partial charge in [-0.1, -0.05) is 18.2 Å². The molecular weight excluding hydrogens is 364 g/mol. The fraction of sp³-hybridized carbons (Fsp3) is 0.500. The number of likely N-dealkylation sites (tertiary alicyclic amines) is 1. The molecule has 0 unspecified atom stereocenters. The fourth-order valence-electron chi connectivity index (χ4n) is 4.01. The molecule has 2 aromatic rings. The van der Waals surface area contributed by atoms with Gasteiger partial charge in [-0.3, -0.25) is 14.5 Å². The minimum Gasteiger partial charge on any atom is -0.365 e. The van der Waals surface area contributed by atoms with Gasteiger partial charge in [-0.15, -0.1) is 12.4 Å². The van der Waals surface area contributed by atoms with Gasteiger partial charge in [0, 0.05) is 44.7 Å². The highest BCUT2D eigenvalue weighted by atomic mass is 35.5. The van der Waals surface area contributed by atoms with Gasteiger partial charge >= 0.3 is 0 Å². The van der Waals surface area contributed by atoms with Crippen LogP contribution in [0.3, 0.4) is 0 Å². The molecule has 146 valence electrons. The molecule has 2 fully saturated rings. The number of hydrogen-bond donors (Lipinski definition) is 1. The number of piperazine rings is 1. The number of anilines is 1. The number of halogens is 1. The minimum atomic E-state index is -0.0339. The van der Waals surface area contributed by atoms with Crippen LogP contribution < -0.4 is 10.5 Å². The van der Waals surface area contributed by atoms with Crippen LogP contribution in [-0.4, -0.2) is 66.5 Å². The van der Waals surface area contributed by atoms with Crippen molar-refractivity contribution in [1.82, 2.24) is 14.8 Å². The largest absolute Gasteiger partial charge is 0.365 e. The van der Waals surface area contributed by atoms with Gasteiger partial charge in [0.2, 0.25) is 5.91 Å². The molecule has 0 atom stereocenters. The quantitative estimate of drug-likeness (QED) is 0.870. The van der Waals surface area contributed by atoms with Crippen molar-refractivity contribution in [2.75, 3.05) is 50.7 Å². The van der Waals surface area contributed by atoms with E-state index in [0.717, 1.165) is 74.3 Å². The number of rotatable bonds is 3. The predicted octanol–water partition coefficient (Wildman–Crippen LogP) is 2.00. The van der Waals surface area contributed by atoms with Crippen molar-refractivity contribution in [1.29, 1.82) is 0 Å². The maximum atomic E-state index is 12.5. The van der Waals surface area contributed by atoms with Crippen molar-refractivity contribution >= 4 is 34.9 Å². The third-order valence-corrected chi connectivity index (χ3v) is 5.60. The van der Waals surface area contributed by atoms with E-state index in [0.29, 0.717) is 6.54 Å². The van der Waals surface area contributed by atoms with Crippen LogP contribution in [0.4, 0.5) is 5.69 Å². The minimum absolute atomic E-state index is 0. The molecule has 1 amide bonds. The van der Waals surface area contributed by atoms with Crippen LogP contribution in [0.1, 0.15) is 18.4 Å². The standard InChI is InChI=1S/C20H26N4O2.ClH/c1-15-5-4-6-16-13-17(20(26)21-19(15)16)23-11-9-22(10-12-23)14-18(25)24-7-2-3-8-24;/h4-6,13H,2-3,7-12,14H2,1H3,(H,21,26);1H. The van der Waals surface area contributed by atoms with E-state index >= 15 is 0 Å². The summed E-state index contributed by atoms with van der Waals surface area (Å²) >= 11 is 0. The number of fused-ring (bicyclic) bond motifs is 1. The molecule has 2 saturated heterocycles. The zero-order valence-electron chi connectivity index (χ0n) is 15.7. The number of carbonyl (C=O) groups excluding carboxylic acids is 1. The molecule has 0 saturated carbocycles. The lowest BCUT2D eigenvalue weighted by Gasteiger charge is -2.35. The van der Waals surface area contributed by atoms with Gasteiger partial charge < -0.3 is 14.8 Å². The molecular formula is C20H27ClN4O2. The first-order chi connectivity index (χ1) is 12.6. The molecule has 0 radical (unpaired) electrons. The highest BCUT2D eigenvalue weighted by Crippen LogP contribution is 2.20. The van der Waals surface area contributed by atoms with Crippen molar-refractivity contribution in [3.63, 3.8) is 0 Å². The number of pyridine rings is 1. The van der Waals surface area contributed by atoms with E-state index in [2.05, 4.69) is 14.8 Å². The van der Waals surface area contributed by atoms with Gasteiger partial charge in [0.1, 0.15) is 5.69 Å². The lowest BCUT2D eigenvalue weighted by molar-refractivity contribution is -0.131. The summed E-state index contributed by atoms with van der Waals surface area (Å²) in [6.07, 6.45) is 2.26. The summed E-state index contributed by atoms with van der Waals surface area (Å²) < 4.78 is 0. The average Bonchev–Trinajstić information content (AvgIpc) is 3.18. The predicted molar refractivity (Wildman–Crippen MR) is 111 cm³/mol. The van der Waals surface area contributed by atoms with Crippen molar-refractivity contribution in [2.24, 2.45) is 0 Å². The Balaban J connectivity index is 0.00000210. The van der Waals surface area contributed by atoms with E-state index in [4.69, 9.17) is 0 Å². The highest BCUT2D eigenvalue weighted by molar-refractivity contribution is 5.85. The number of aromatic amines is 1.